The molecule has 1 heterocycles. The van der Waals surface area contributed by atoms with Crippen molar-refractivity contribution in [2.75, 3.05) is 20.3 Å². The number of allylic oxidation sites excluding steroid dienone is 1. The smallest absolute Gasteiger partial charge is 0.343 e. The predicted molar refractivity (Wildman–Crippen MR) is 146 cm³/mol. The average molecular weight is 529 g/mol. The Kier molecular flexibility index (Phi) is 8.62. The maximum Gasteiger partial charge on any atom is 0.343 e. The van der Waals surface area contributed by atoms with Crippen molar-refractivity contribution >= 4 is 5.97 Å². The fourth-order valence-electron chi connectivity index (χ4n) is 4.28. The number of methoxy groups -OCH3 is 1. The summed E-state index contributed by atoms with van der Waals surface area (Å²) in [6.07, 6.45) is 0.918. The zero-order valence-electron chi connectivity index (χ0n) is 22.5. The average Bonchev–Trinajstić information content (AvgIpc) is 2.92. The van der Waals surface area contributed by atoms with Crippen molar-refractivity contribution in [3.8, 4) is 34.8 Å². The number of carbonyl (C=O) groups excluding carboxylic acids is 1. The van der Waals surface area contributed by atoms with Crippen molar-refractivity contribution in [1.29, 1.82) is 5.26 Å². The number of rotatable bonds is 10. The quantitative estimate of drug-likeness (QED) is 0.253. The molecule has 0 aromatic heterocycles. The molecule has 4 rings (SSSR count). The Hall–Kier alpha value is -4.64. The van der Waals surface area contributed by atoms with E-state index < -0.39 is 11.9 Å². The van der Waals surface area contributed by atoms with Gasteiger partial charge in [0.2, 0.25) is 5.88 Å². The van der Waals surface area contributed by atoms with Crippen molar-refractivity contribution in [3.05, 3.63) is 88.8 Å². The Morgan fingerprint density at radius 2 is 1.87 bits per heavy atom. The number of carbonyl (C=O) groups is 1. The number of nitriles is 1. The van der Waals surface area contributed by atoms with Crippen LogP contribution in [0.5, 0.6) is 28.7 Å². The number of hydrogen-bond acceptors (Lipinski definition) is 8. The minimum absolute atomic E-state index is 0.0147. The molecule has 0 saturated heterocycles. The maximum atomic E-state index is 12.8. The van der Waals surface area contributed by atoms with Gasteiger partial charge < -0.3 is 29.4 Å². The second kappa shape index (κ2) is 12.3. The number of nitrogens with zero attached hydrogens (tertiary/aromatic N) is 1. The number of benzene rings is 3. The molecule has 0 saturated carbocycles. The van der Waals surface area contributed by atoms with Crippen molar-refractivity contribution < 1.29 is 28.5 Å². The Labute approximate surface area is 228 Å². The summed E-state index contributed by atoms with van der Waals surface area (Å²) in [4.78, 5) is 12.8. The van der Waals surface area contributed by atoms with E-state index in [4.69, 9.17) is 29.4 Å². The molecule has 0 amide bonds. The Bertz CT molecular complexity index is 1420. The highest BCUT2D eigenvalue weighted by Crippen LogP contribution is 2.45. The molecule has 1 aliphatic rings. The fraction of sp³-hybridized carbons (Fsp3) is 0.290. The molecule has 0 spiro atoms. The Morgan fingerprint density at radius 1 is 1.05 bits per heavy atom. The van der Waals surface area contributed by atoms with Gasteiger partial charge in [0.25, 0.3) is 0 Å². The number of fused-ring (bicyclic) bond motifs is 1. The van der Waals surface area contributed by atoms with Gasteiger partial charge in [-0.1, -0.05) is 32.0 Å². The summed E-state index contributed by atoms with van der Waals surface area (Å²) in [7, 11) is 1.58. The van der Waals surface area contributed by atoms with Crippen LogP contribution in [0.1, 0.15) is 54.6 Å². The van der Waals surface area contributed by atoms with Gasteiger partial charge in [-0.15, -0.1) is 0 Å². The zero-order chi connectivity index (χ0) is 27.9. The second-order valence-electron chi connectivity index (χ2n) is 9.42. The van der Waals surface area contributed by atoms with Crippen LogP contribution in [0, 0.1) is 17.2 Å². The molecule has 3 aromatic carbocycles. The van der Waals surface area contributed by atoms with Gasteiger partial charge in [0, 0.05) is 11.6 Å². The third-order valence-corrected chi connectivity index (χ3v) is 6.26. The Morgan fingerprint density at radius 3 is 2.59 bits per heavy atom. The molecule has 0 aliphatic carbocycles. The van der Waals surface area contributed by atoms with E-state index in [1.54, 1.807) is 49.6 Å². The lowest BCUT2D eigenvalue weighted by atomic mass is 9.83. The largest absolute Gasteiger partial charge is 0.494 e. The standard InChI is InChI=1S/C31H32N2O6/c1-5-36-22-8-6-7-21(15-22)31(34)38-23-10-11-24-27(17-23)39-30(33)25(18-32)29(24)20-9-12-26(28(16-20)35-4)37-14-13-19(2)3/h6-12,15-17,19,29H,5,13-14,33H2,1-4H3. The van der Waals surface area contributed by atoms with Crippen LogP contribution in [0.3, 0.4) is 0 Å². The van der Waals surface area contributed by atoms with Crippen LogP contribution in [0.2, 0.25) is 0 Å². The van der Waals surface area contributed by atoms with Gasteiger partial charge >= 0.3 is 5.97 Å². The van der Waals surface area contributed by atoms with E-state index in [2.05, 4.69) is 19.9 Å². The van der Waals surface area contributed by atoms with E-state index in [1.165, 1.54) is 0 Å². The molecule has 0 radical (unpaired) electrons. The monoisotopic (exact) mass is 528 g/mol. The van der Waals surface area contributed by atoms with Crippen LogP contribution in [-0.4, -0.2) is 26.3 Å². The van der Waals surface area contributed by atoms with Crippen LogP contribution in [0.25, 0.3) is 0 Å². The molecule has 1 atom stereocenters. The zero-order valence-corrected chi connectivity index (χ0v) is 22.5. The first-order chi connectivity index (χ1) is 18.8. The number of ether oxygens (including phenoxy) is 5. The van der Waals surface area contributed by atoms with Gasteiger partial charge in [-0.05, 0) is 61.2 Å². The minimum atomic E-state index is -0.539. The van der Waals surface area contributed by atoms with Gasteiger partial charge in [-0.3, -0.25) is 0 Å². The second-order valence-corrected chi connectivity index (χ2v) is 9.42. The van der Waals surface area contributed by atoms with Crippen molar-refractivity contribution in [2.45, 2.75) is 33.1 Å². The summed E-state index contributed by atoms with van der Waals surface area (Å²) in [5.41, 5.74) is 8.28. The fourth-order valence-corrected chi connectivity index (χ4v) is 4.28. The molecule has 2 N–H and O–H groups in total. The van der Waals surface area contributed by atoms with Crippen LogP contribution >= 0.6 is 0 Å². The van der Waals surface area contributed by atoms with Gasteiger partial charge in [0.15, 0.2) is 11.5 Å². The van der Waals surface area contributed by atoms with Gasteiger partial charge in [0.05, 0.1) is 31.8 Å². The molecule has 8 nitrogen and oxygen atoms in total. The summed E-state index contributed by atoms with van der Waals surface area (Å²) in [6.45, 7) is 7.20. The van der Waals surface area contributed by atoms with E-state index in [-0.39, 0.29) is 17.2 Å². The lowest BCUT2D eigenvalue weighted by Gasteiger charge is -2.27. The highest BCUT2D eigenvalue weighted by molar-refractivity contribution is 5.91. The molecule has 3 aromatic rings. The molecule has 39 heavy (non-hydrogen) atoms. The first kappa shape index (κ1) is 27.4. The summed E-state index contributed by atoms with van der Waals surface area (Å²) in [5.74, 6) is 1.88. The first-order valence-corrected chi connectivity index (χ1v) is 12.8. The van der Waals surface area contributed by atoms with Crippen molar-refractivity contribution in [2.24, 2.45) is 11.7 Å². The predicted octanol–water partition coefficient (Wildman–Crippen LogP) is 5.96. The van der Waals surface area contributed by atoms with Crippen molar-refractivity contribution in [3.63, 3.8) is 0 Å². The topological polar surface area (TPSA) is 113 Å². The molecule has 1 aliphatic heterocycles. The number of nitrogens with two attached hydrogens (primary N) is 1. The molecule has 8 heteroatoms. The SMILES string of the molecule is CCOc1cccc(C(=O)Oc2ccc3c(c2)OC(N)=C(C#N)C3c2ccc(OCCC(C)C)c(OC)c2)c1. The van der Waals surface area contributed by atoms with Crippen LogP contribution in [0.15, 0.2) is 72.1 Å². The summed E-state index contributed by atoms with van der Waals surface area (Å²) >= 11 is 0. The summed E-state index contributed by atoms with van der Waals surface area (Å²) in [5, 5.41) is 9.92. The molecule has 0 fully saturated rings. The summed E-state index contributed by atoms with van der Waals surface area (Å²) in [6, 6.07) is 19.5. The van der Waals surface area contributed by atoms with Crippen LogP contribution in [-0.2, 0) is 0 Å². The molecule has 1 unspecified atom stereocenters. The van der Waals surface area contributed by atoms with Crippen LogP contribution in [0.4, 0.5) is 0 Å². The molecular weight excluding hydrogens is 496 g/mol. The van der Waals surface area contributed by atoms with E-state index in [0.717, 1.165) is 12.0 Å². The Balaban J connectivity index is 1.62. The van der Waals surface area contributed by atoms with E-state index in [1.807, 2.05) is 25.1 Å². The number of hydrogen-bond donors (Lipinski definition) is 1. The van der Waals surface area contributed by atoms with Gasteiger partial charge in [0.1, 0.15) is 28.9 Å². The van der Waals surface area contributed by atoms with Gasteiger partial charge in [-0.2, -0.15) is 5.26 Å². The molecule has 0 bridgehead atoms. The lowest BCUT2D eigenvalue weighted by Crippen LogP contribution is -2.21. The highest BCUT2D eigenvalue weighted by atomic mass is 16.5. The van der Waals surface area contributed by atoms with Gasteiger partial charge in [-0.25, -0.2) is 4.79 Å². The van der Waals surface area contributed by atoms with E-state index >= 15 is 0 Å². The normalized spacial score (nSPS) is 14.2. The molecule has 202 valence electrons. The third kappa shape index (κ3) is 6.27. The van der Waals surface area contributed by atoms with E-state index in [0.29, 0.717) is 53.3 Å². The summed E-state index contributed by atoms with van der Waals surface area (Å²) < 4.78 is 28.4. The minimum Gasteiger partial charge on any atom is -0.494 e. The lowest BCUT2D eigenvalue weighted by molar-refractivity contribution is 0.0734. The van der Waals surface area contributed by atoms with E-state index in [9.17, 15) is 10.1 Å². The number of esters is 1. The highest BCUT2D eigenvalue weighted by Gasteiger charge is 2.32. The molecular formula is C31H32N2O6. The van der Waals surface area contributed by atoms with Crippen molar-refractivity contribution in [1.82, 2.24) is 0 Å². The van der Waals surface area contributed by atoms with Crippen LogP contribution < -0.4 is 29.4 Å². The first-order valence-electron chi connectivity index (χ1n) is 12.8. The maximum absolute atomic E-state index is 12.8. The third-order valence-electron chi connectivity index (χ3n) is 6.26.